The zero-order valence-electron chi connectivity index (χ0n) is 16.5. The predicted molar refractivity (Wildman–Crippen MR) is 115 cm³/mol. The van der Waals surface area contributed by atoms with E-state index in [1.54, 1.807) is 7.05 Å². The molecule has 0 spiro atoms. The van der Waals surface area contributed by atoms with E-state index in [-0.39, 0.29) is 35.7 Å². The second kappa shape index (κ2) is 10.4. The third-order valence-corrected chi connectivity index (χ3v) is 3.87. The van der Waals surface area contributed by atoms with Crippen LogP contribution in [0.4, 0.5) is 10.5 Å². The lowest BCUT2D eigenvalue weighted by Crippen LogP contribution is -2.44. The maximum atomic E-state index is 11.9. The molecular weight excluding hydrogens is 481 g/mol. The molecule has 2 N–H and O–H groups in total. The number of alkyl carbamates (subject to hydrolysis) is 1. The standard InChI is InChI=1S/C16H27N7O4.HI/c1-16(2,3)27-15(24)20-12-5-7-21(10-12)14(17-4)18-6-8-22-11-13(9-19-22)23(25)26;/h9,11-12H,5-8,10H2,1-4H3,(H,17,18)(H,20,24);1H/t12-;/m1./s1. The molecule has 0 radical (unpaired) electrons. The molecule has 1 aromatic rings. The van der Waals surface area contributed by atoms with Crippen molar-refractivity contribution in [3.63, 3.8) is 0 Å². The van der Waals surface area contributed by atoms with Gasteiger partial charge < -0.3 is 20.3 Å². The number of nitro groups is 1. The summed E-state index contributed by atoms with van der Waals surface area (Å²) in [7, 11) is 1.69. The van der Waals surface area contributed by atoms with E-state index in [0.717, 1.165) is 13.0 Å². The van der Waals surface area contributed by atoms with Crippen molar-refractivity contribution in [1.82, 2.24) is 25.3 Å². The van der Waals surface area contributed by atoms with Crippen LogP contribution in [0.2, 0.25) is 0 Å². The lowest BCUT2D eigenvalue weighted by atomic mass is 10.2. The van der Waals surface area contributed by atoms with Crippen molar-refractivity contribution in [2.24, 2.45) is 4.99 Å². The fourth-order valence-corrected chi connectivity index (χ4v) is 2.73. The van der Waals surface area contributed by atoms with E-state index in [1.807, 2.05) is 25.7 Å². The Morgan fingerprint density at radius 2 is 2.21 bits per heavy atom. The van der Waals surface area contributed by atoms with Gasteiger partial charge in [0, 0.05) is 26.7 Å². The van der Waals surface area contributed by atoms with Crippen LogP contribution in [0, 0.1) is 10.1 Å². The summed E-state index contributed by atoms with van der Waals surface area (Å²) in [5.74, 6) is 0.713. The van der Waals surface area contributed by atoms with Gasteiger partial charge in [-0.1, -0.05) is 0 Å². The maximum Gasteiger partial charge on any atom is 0.407 e. The van der Waals surface area contributed by atoms with Crippen LogP contribution in [0.1, 0.15) is 27.2 Å². The summed E-state index contributed by atoms with van der Waals surface area (Å²) in [6.07, 6.45) is 2.99. The Kier molecular flexibility index (Phi) is 8.91. The molecule has 1 aliphatic rings. The van der Waals surface area contributed by atoms with Crippen LogP contribution in [0.15, 0.2) is 17.4 Å². The van der Waals surface area contributed by atoms with Gasteiger partial charge in [0.25, 0.3) is 0 Å². The molecule has 2 heterocycles. The monoisotopic (exact) mass is 509 g/mol. The molecule has 1 amide bonds. The number of likely N-dealkylation sites (tertiary alicyclic amines) is 1. The van der Waals surface area contributed by atoms with E-state index in [4.69, 9.17) is 4.74 Å². The number of halogens is 1. The summed E-state index contributed by atoms with van der Waals surface area (Å²) in [6, 6.07) is -0.00725. The number of hydrogen-bond donors (Lipinski definition) is 2. The molecule has 0 unspecified atom stereocenters. The van der Waals surface area contributed by atoms with E-state index in [0.29, 0.717) is 25.6 Å². The van der Waals surface area contributed by atoms with Gasteiger partial charge in [-0.05, 0) is 27.2 Å². The molecule has 1 atom stereocenters. The summed E-state index contributed by atoms with van der Waals surface area (Å²) in [4.78, 5) is 28.4. The van der Waals surface area contributed by atoms with Crippen LogP contribution in [0.25, 0.3) is 0 Å². The van der Waals surface area contributed by atoms with Crippen molar-refractivity contribution in [1.29, 1.82) is 0 Å². The molecule has 28 heavy (non-hydrogen) atoms. The number of nitrogens with zero attached hydrogens (tertiary/aromatic N) is 5. The van der Waals surface area contributed by atoms with Gasteiger partial charge in [-0.3, -0.25) is 19.8 Å². The van der Waals surface area contributed by atoms with Gasteiger partial charge in [-0.2, -0.15) is 5.10 Å². The van der Waals surface area contributed by atoms with Gasteiger partial charge in [0.05, 0.1) is 17.5 Å². The number of amides is 1. The first-order valence-corrected chi connectivity index (χ1v) is 8.80. The zero-order chi connectivity index (χ0) is 20.0. The molecule has 0 bridgehead atoms. The number of carbonyl (C=O) groups is 1. The van der Waals surface area contributed by atoms with Crippen molar-refractivity contribution in [2.75, 3.05) is 26.7 Å². The van der Waals surface area contributed by atoms with E-state index < -0.39 is 16.6 Å². The van der Waals surface area contributed by atoms with Crippen molar-refractivity contribution in [3.8, 4) is 0 Å². The molecule has 0 saturated carbocycles. The summed E-state index contributed by atoms with van der Waals surface area (Å²) in [5, 5.41) is 20.7. The SMILES string of the molecule is CN=C(NCCn1cc([N+](=O)[O-])cn1)N1CC[C@@H](NC(=O)OC(C)(C)C)C1.I. The quantitative estimate of drug-likeness (QED) is 0.203. The van der Waals surface area contributed by atoms with Gasteiger partial charge in [0.2, 0.25) is 0 Å². The Bertz CT molecular complexity index is 701. The van der Waals surface area contributed by atoms with E-state index in [2.05, 4.69) is 20.7 Å². The van der Waals surface area contributed by atoms with Crippen LogP contribution >= 0.6 is 24.0 Å². The Labute approximate surface area is 181 Å². The van der Waals surface area contributed by atoms with Crippen LogP contribution < -0.4 is 10.6 Å². The van der Waals surface area contributed by atoms with Gasteiger partial charge in [-0.15, -0.1) is 24.0 Å². The molecule has 11 nitrogen and oxygen atoms in total. The van der Waals surface area contributed by atoms with Crippen LogP contribution in [-0.2, 0) is 11.3 Å². The predicted octanol–water partition coefficient (Wildman–Crippen LogP) is 1.58. The molecule has 0 aromatic carbocycles. The molecular formula is C16H28IN7O4. The third kappa shape index (κ3) is 7.48. The van der Waals surface area contributed by atoms with Gasteiger partial charge in [0.1, 0.15) is 18.0 Å². The number of carbonyl (C=O) groups excluding carboxylic acids is 1. The molecule has 12 heteroatoms. The third-order valence-electron chi connectivity index (χ3n) is 3.87. The van der Waals surface area contributed by atoms with Crippen LogP contribution in [0.3, 0.4) is 0 Å². The minimum atomic E-state index is -0.526. The van der Waals surface area contributed by atoms with E-state index in [9.17, 15) is 14.9 Å². The van der Waals surface area contributed by atoms with Crippen LogP contribution in [-0.4, -0.2) is 70.0 Å². The molecule has 1 fully saturated rings. The molecule has 1 aliphatic heterocycles. The van der Waals surface area contributed by atoms with Crippen molar-refractivity contribution in [3.05, 3.63) is 22.5 Å². The lowest BCUT2D eigenvalue weighted by molar-refractivity contribution is -0.385. The Morgan fingerprint density at radius 1 is 1.50 bits per heavy atom. The Morgan fingerprint density at radius 3 is 2.79 bits per heavy atom. The molecule has 1 aromatic heterocycles. The number of nitrogens with one attached hydrogen (secondary N) is 2. The van der Waals surface area contributed by atoms with E-state index in [1.165, 1.54) is 17.1 Å². The van der Waals surface area contributed by atoms with Crippen molar-refractivity contribution < 1.29 is 14.5 Å². The van der Waals surface area contributed by atoms with E-state index >= 15 is 0 Å². The van der Waals surface area contributed by atoms with Gasteiger partial charge >= 0.3 is 11.8 Å². The first-order chi connectivity index (χ1) is 12.7. The highest BCUT2D eigenvalue weighted by atomic mass is 127. The lowest BCUT2D eigenvalue weighted by Gasteiger charge is -2.23. The van der Waals surface area contributed by atoms with Gasteiger partial charge in [0.15, 0.2) is 5.96 Å². The highest BCUT2D eigenvalue weighted by Crippen LogP contribution is 2.12. The number of guanidine groups is 1. The normalized spacial score (nSPS) is 17.1. The summed E-state index contributed by atoms with van der Waals surface area (Å²) in [6.45, 7) is 7.86. The highest BCUT2D eigenvalue weighted by molar-refractivity contribution is 14.0. The topological polar surface area (TPSA) is 127 Å². The number of ether oxygens (including phenoxy) is 1. The van der Waals surface area contributed by atoms with Crippen LogP contribution in [0.5, 0.6) is 0 Å². The van der Waals surface area contributed by atoms with Crippen molar-refractivity contribution in [2.45, 2.75) is 45.4 Å². The fraction of sp³-hybridized carbons (Fsp3) is 0.688. The maximum absolute atomic E-state index is 11.9. The van der Waals surface area contributed by atoms with Gasteiger partial charge in [-0.25, -0.2) is 4.79 Å². The summed E-state index contributed by atoms with van der Waals surface area (Å²) >= 11 is 0. The number of aliphatic imine (C=N–C) groups is 1. The Hall–Kier alpha value is -2.12. The smallest absolute Gasteiger partial charge is 0.407 e. The molecule has 158 valence electrons. The second-order valence-corrected chi connectivity index (χ2v) is 7.27. The molecule has 2 rings (SSSR count). The number of rotatable bonds is 5. The van der Waals surface area contributed by atoms with Crippen molar-refractivity contribution >= 4 is 41.7 Å². The number of hydrogen-bond acceptors (Lipinski definition) is 6. The first-order valence-electron chi connectivity index (χ1n) is 8.80. The molecule has 0 aliphatic carbocycles. The first kappa shape index (κ1) is 23.9. The fourth-order valence-electron chi connectivity index (χ4n) is 2.73. The highest BCUT2D eigenvalue weighted by Gasteiger charge is 2.27. The second-order valence-electron chi connectivity index (χ2n) is 7.27. The average molecular weight is 509 g/mol. The Balaban J connectivity index is 0.00000392. The average Bonchev–Trinajstić information content (AvgIpc) is 3.19. The minimum Gasteiger partial charge on any atom is -0.444 e. The largest absolute Gasteiger partial charge is 0.444 e. The zero-order valence-corrected chi connectivity index (χ0v) is 18.9. The number of aromatic nitrogens is 2. The summed E-state index contributed by atoms with van der Waals surface area (Å²) < 4.78 is 6.79. The minimum absolute atomic E-state index is 0. The summed E-state index contributed by atoms with van der Waals surface area (Å²) in [5.41, 5.74) is -0.559. The molecule has 1 saturated heterocycles.